The Balaban J connectivity index is 0.000000686. The molecule has 0 saturated carbocycles. The van der Waals surface area contributed by atoms with Crippen molar-refractivity contribution >= 4 is 5.69 Å². The predicted molar refractivity (Wildman–Crippen MR) is 73.1 cm³/mol. The molecule has 1 fully saturated rings. The van der Waals surface area contributed by atoms with Crippen molar-refractivity contribution in [1.82, 2.24) is 0 Å². The third kappa shape index (κ3) is 3.78. The second-order valence-corrected chi connectivity index (χ2v) is 4.33. The molecule has 0 atom stereocenters. The van der Waals surface area contributed by atoms with E-state index in [2.05, 4.69) is 30.0 Å². The van der Waals surface area contributed by atoms with Crippen LogP contribution in [0, 0.1) is 17.2 Å². The van der Waals surface area contributed by atoms with Gasteiger partial charge in [0.05, 0.1) is 11.6 Å². The summed E-state index contributed by atoms with van der Waals surface area (Å²) >= 11 is 0. The molecule has 17 heavy (non-hydrogen) atoms. The van der Waals surface area contributed by atoms with Gasteiger partial charge in [-0.25, -0.2) is 0 Å². The summed E-state index contributed by atoms with van der Waals surface area (Å²) in [6.45, 7) is 8.61. The van der Waals surface area contributed by atoms with Crippen LogP contribution in [0.5, 0.6) is 0 Å². The Morgan fingerprint density at radius 3 is 2.12 bits per heavy atom. The highest BCUT2D eigenvalue weighted by atomic mass is 15.1. The minimum Gasteiger partial charge on any atom is -0.372 e. The zero-order valence-electron chi connectivity index (χ0n) is 11.1. The highest BCUT2D eigenvalue weighted by Crippen LogP contribution is 2.22. The summed E-state index contributed by atoms with van der Waals surface area (Å²) in [5.41, 5.74) is 1.99. The van der Waals surface area contributed by atoms with E-state index in [-0.39, 0.29) is 0 Å². The van der Waals surface area contributed by atoms with Crippen LogP contribution in [0.1, 0.15) is 39.2 Å². The van der Waals surface area contributed by atoms with Gasteiger partial charge in [-0.1, -0.05) is 20.8 Å². The Morgan fingerprint density at radius 1 is 1.12 bits per heavy atom. The Bertz CT molecular complexity index is 354. The van der Waals surface area contributed by atoms with Crippen molar-refractivity contribution in [3.8, 4) is 6.07 Å². The van der Waals surface area contributed by atoms with Crippen LogP contribution in [0.3, 0.4) is 0 Å². The SMILES string of the molecule is CC.CC1CCN(c2ccc(C#N)cc2)CC1. The van der Waals surface area contributed by atoms with E-state index in [0.717, 1.165) is 24.6 Å². The van der Waals surface area contributed by atoms with Crippen LogP contribution in [0.4, 0.5) is 5.69 Å². The molecule has 1 saturated heterocycles. The minimum absolute atomic E-state index is 0.740. The normalized spacial score (nSPS) is 15.8. The van der Waals surface area contributed by atoms with E-state index in [1.54, 1.807) is 0 Å². The van der Waals surface area contributed by atoms with Gasteiger partial charge in [-0.2, -0.15) is 5.26 Å². The molecule has 1 aromatic carbocycles. The second kappa shape index (κ2) is 6.96. The number of hydrogen-bond donors (Lipinski definition) is 0. The largest absolute Gasteiger partial charge is 0.372 e. The van der Waals surface area contributed by atoms with E-state index >= 15 is 0 Å². The zero-order valence-corrected chi connectivity index (χ0v) is 11.1. The summed E-state index contributed by atoms with van der Waals surface area (Å²) in [4.78, 5) is 2.40. The number of benzene rings is 1. The quantitative estimate of drug-likeness (QED) is 0.733. The number of nitriles is 1. The van der Waals surface area contributed by atoms with Gasteiger partial charge in [0.15, 0.2) is 0 Å². The van der Waals surface area contributed by atoms with Gasteiger partial charge >= 0.3 is 0 Å². The summed E-state index contributed by atoms with van der Waals surface area (Å²) in [6, 6.07) is 10.0. The monoisotopic (exact) mass is 230 g/mol. The first-order valence-electron chi connectivity index (χ1n) is 6.54. The van der Waals surface area contributed by atoms with Crippen molar-refractivity contribution in [3.05, 3.63) is 29.8 Å². The number of piperidine rings is 1. The molecule has 2 rings (SSSR count). The molecule has 1 heterocycles. The molecule has 1 aliphatic heterocycles. The fourth-order valence-corrected chi connectivity index (χ4v) is 2.01. The van der Waals surface area contributed by atoms with E-state index in [4.69, 9.17) is 5.26 Å². The molecule has 0 radical (unpaired) electrons. The fourth-order valence-electron chi connectivity index (χ4n) is 2.01. The van der Waals surface area contributed by atoms with Crippen LogP contribution in [-0.2, 0) is 0 Å². The topological polar surface area (TPSA) is 27.0 Å². The third-order valence-electron chi connectivity index (χ3n) is 3.15. The highest BCUT2D eigenvalue weighted by molar-refractivity contribution is 5.49. The Labute approximate surface area is 105 Å². The van der Waals surface area contributed by atoms with Crippen LogP contribution in [0.15, 0.2) is 24.3 Å². The summed E-state index contributed by atoms with van der Waals surface area (Å²) < 4.78 is 0. The van der Waals surface area contributed by atoms with Crippen molar-refractivity contribution in [2.24, 2.45) is 5.92 Å². The molecular weight excluding hydrogens is 208 g/mol. The molecule has 1 aromatic rings. The van der Waals surface area contributed by atoms with Gasteiger partial charge in [-0.15, -0.1) is 0 Å². The smallest absolute Gasteiger partial charge is 0.0991 e. The van der Waals surface area contributed by atoms with Crippen molar-refractivity contribution < 1.29 is 0 Å². The van der Waals surface area contributed by atoms with Crippen LogP contribution in [-0.4, -0.2) is 13.1 Å². The molecule has 0 amide bonds. The summed E-state index contributed by atoms with van der Waals surface area (Å²) in [5, 5.41) is 8.71. The van der Waals surface area contributed by atoms with E-state index in [0.29, 0.717) is 0 Å². The van der Waals surface area contributed by atoms with Gasteiger partial charge < -0.3 is 4.90 Å². The maximum absolute atomic E-state index is 8.71. The second-order valence-electron chi connectivity index (χ2n) is 4.33. The van der Waals surface area contributed by atoms with Crippen molar-refractivity contribution in [2.75, 3.05) is 18.0 Å². The van der Waals surface area contributed by atoms with Crippen molar-refractivity contribution in [2.45, 2.75) is 33.6 Å². The number of nitrogens with zero attached hydrogens (tertiary/aromatic N) is 2. The lowest BCUT2D eigenvalue weighted by Gasteiger charge is -2.32. The predicted octanol–water partition coefficient (Wildman–Crippen LogP) is 3.82. The van der Waals surface area contributed by atoms with Crippen LogP contribution in [0.2, 0.25) is 0 Å². The lowest BCUT2D eigenvalue weighted by Crippen LogP contribution is -2.32. The molecule has 0 bridgehead atoms. The molecule has 1 aliphatic rings. The molecule has 2 nitrogen and oxygen atoms in total. The summed E-state index contributed by atoms with van der Waals surface area (Å²) in [6.07, 6.45) is 2.56. The lowest BCUT2D eigenvalue weighted by atomic mass is 9.99. The standard InChI is InChI=1S/C13H16N2.C2H6/c1-11-6-8-15(9-7-11)13-4-2-12(10-14)3-5-13;1-2/h2-5,11H,6-9H2,1H3;1-2H3. The van der Waals surface area contributed by atoms with E-state index < -0.39 is 0 Å². The van der Waals surface area contributed by atoms with Crippen LogP contribution < -0.4 is 4.90 Å². The van der Waals surface area contributed by atoms with Gasteiger partial charge in [0.1, 0.15) is 0 Å². The molecule has 2 heteroatoms. The van der Waals surface area contributed by atoms with Gasteiger partial charge in [0, 0.05) is 18.8 Å². The van der Waals surface area contributed by atoms with Gasteiger partial charge in [-0.3, -0.25) is 0 Å². The maximum atomic E-state index is 8.71. The molecule has 0 N–H and O–H groups in total. The average Bonchev–Trinajstić information content (AvgIpc) is 2.42. The maximum Gasteiger partial charge on any atom is 0.0991 e. The van der Waals surface area contributed by atoms with Crippen LogP contribution in [0.25, 0.3) is 0 Å². The minimum atomic E-state index is 0.740. The number of hydrogen-bond acceptors (Lipinski definition) is 2. The Kier molecular flexibility index (Phi) is 5.56. The molecular formula is C15H22N2. The van der Waals surface area contributed by atoms with Crippen molar-refractivity contribution in [1.29, 1.82) is 5.26 Å². The lowest BCUT2D eigenvalue weighted by molar-refractivity contribution is 0.438. The molecule has 92 valence electrons. The molecule has 0 spiro atoms. The summed E-state index contributed by atoms with van der Waals surface area (Å²) in [7, 11) is 0. The third-order valence-corrected chi connectivity index (χ3v) is 3.15. The molecule has 0 aromatic heterocycles. The average molecular weight is 230 g/mol. The molecule has 0 aliphatic carbocycles. The Morgan fingerprint density at radius 2 is 1.65 bits per heavy atom. The van der Waals surface area contributed by atoms with Crippen molar-refractivity contribution in [3.63, 3.8) is 0 Å². The summed E-state index contributed by atoms with van der Waals surface area (Å²) in [5.74, 6) is 0.861. The zero-order chi connectivity index (χ0) is 12.7. The van der Waals surface area contributed by atoms with E-state index in [9.17, 15) is 0 Å². The van der Waals surface area contributed by atoms with Crippen LogP contribution >= 0.6 is 0 Å². The fraction of sp³-hybridized carbons (Fsp3) is 0.533. The number of rotatable bonds is 1. The first-order chi connectivity index (χ1) is 8.29. The number of anilines is 1. The van der Waals surface area contributed by atoms with E-state index in [1.165, 1.54) is 18.5 Å². The first-order valence-corrected chi connectivity index (χ1v) is 6.54. The molecule has 0 unspecified atom stereocenters. The van der Waals surface area contributed by atoms with Gasteiger partial charge in [0.25, 0.3) is 0 Å². The van der Waals surface area contributed by atoms with Gasteiger partial charge in [-0.05, 0) is 43.0 Å². The first kappa shape index (κ1) is 13.6. The van der Waals surface area contributed by atoms with Gasteiger partial charge in [0.2, 0.25) is 0 Å². The Hall–Kier alpha value is -1.49. The van der Waals surface area contributed by atoms with E-state index in [1.807, 2.05) is 26.0 Å². The highest BCUT2D eigenvalue weighted by Gasteiger charge is 2.15.